The minimum Gasteiger partial charge on any atom is -0.278 e. The molecule has 0 spiro atoms. The molecule has 0 saturated heterocycles. The first-order chi connectivity index (χ1) is 4.09. The van der Waals surface area contributed by atoms with Crippen LogP contribution in [0.2, 0.25) is 0 Å². The lowest BCUT2D eigenvalue weighted by Gasteiger charge is -2.14. The second-order valence-electron chi connectivity index (χ2n) is 1.61. The van der Waals surface area contributed by atoms with Gasteiger partial charge in [0.25, 0.3) is 0 Å². The van der Waals surface area contributed by atoms with Gasteiger partial charge in [-0.2, -0.15) is 0 Å². The summed E-state index contributed by atoms with van der Waals surface area (Å²) in [6.07, 6.45) is 0.395. The van der Waals surface area contributed by atoms with Gasteiger partial charge in [-0.3, -0.25) is 14.7 Å². The number of nitrogens with two attached hydrogens (primary N) is 1. The fourth-order valence-corrected chi connectivity index (χ4v) is 0.294. The second-order valence-corrected chi connectivity index (χ2v) is 1.61. The molecular weight excluding hydrogens is 122 g/mol. The first-order valence-electron chi connectivity index (χ1n) is 2.30. The molecule has 0 atom stereocenters. The van der Waals surface area contributed by atoms with E-state index in [1.54, 1.807) is 0 Å². The van der Waals surface area contributed by atoms with Crippen LogP contribution < -0.4 is 5.84 Å². The summed E-state index contributed by atoms with van der Waals surface area (Å²) >= 11 is 0. The zero-order valence-corrected chi connectivity index (χ0v) is 5.37. The van der Waals surface area contributed by atoms with Gasteiger partial charge < -0.3 is 0 Å². The van der Waals surface area contributed by atoms with Gasteiger partial charge in [0.15, 0.2) is 0 Å². The Balaban J connectivity index is 3.87. The maximum atomic E-state index is 10.6. The largest absolute Gasteiger partial charge is 0.340 e. The molecule has 5 nitrogen and oxygen atoms in total. The summed E-state index contributed by atoms with van der Waals surface area (Å²) in [5, 5.41) is 0.828. The van der Waals surface area contributed by atoms with Crippen molar-refractivity contribution >= 4 is 12.4 Å². The topological polar surface area (TPSA) is 66.6 Å². The summed E-state index contributed by atoms with van der Waals surface area (Å²) in [6.45, 7) is 0. The normalized spacial score (nSPS) is 8.33. The summed E-state index contributed by atoms with van der Waals surface area (Å²) < 4.78 is 0. The van der Waals surface area contributed by atoms with E-state index < -0.39 is 6.03 Å². The molecule has 0 aromatic heterocycles. The van der Waals surface area contributed by atoms with Crippen molar-refractivity contribution in [2.24, 2.45) is 5.84 Å². The van der Waals surface area contributed by atoms with Crippen molar-refractivity contribution in [2.75, 3.05) is 14.1 Å². The first kappa shape index (κ1) is 7.90. The molecule has 52 valence electrons. The molecule has 5 heteroatoms. The van der Waals surface area contributed by atoms with Crippen LogP contribution in [0.1, 0.15) is 0 Å². The minimum absolute atomic E-state index is 0.395. The minimum atomic E-state index is -0.537. The highest BCUT2D eigenvalue weighted by Crippen LogP contribution is 1.81. The van der Waals surface area contributed by atoms with Crippen LogP contribution >= 0.6 is 0 Å². The van der Waals surface area contributed by atoms with Crippen LogP contribution in [0.15, 0.2) is 0 Å². The van der Waals surface area contributed by atoms with Gasteiger partial charge in [-0.15, -0.1) is 0 Å². The number of hydrogen-bond acceptors (Lipinski definition) is 3. The Morgan fingerprint density at radius 3 is 2.11 bits per heavy atom. The predicted molar refractivity (Wildman–Crippen MR) is 31.2 cm³/mol. The number of amides is 3. The number of carbonyl (C=O) groups excluding carboxylic acids is 2. The lowest BCUT2D eigenvalue weighted by Crippen LogP contribution is -2.41. The number of hydrazine groups is 1. The van der Waals surface area contributed by atoms with E-state index in [-0.39, 0.29) is 0 Å². The van der Waals surface area contributed by atoms with E-state index in [2.05, 4.69) is 0 Å². The van der Waals surface area contributed by atoms with Gasteiger partial charge in [-0.1, -0.05) is 0 Å². The number of carbonyl (C=O) groups is 2. The lowest BCUT2D eigenvalue weighted by molar-refractivity contribution is -0.115. The van der Waals surface area contributed by atoms with E-state index in [1.165, 1.54) is 14.1 Å². The van der Waals surface area contributed by atoms with Crippen molar-refractivity contribution in [3.8, 4) is 0 Å². The molecular formula is C4H9N3O2. The van der Waals surface area contributed by atoms with Crippen LogP contribution in [-0.2, 0) is 4.79 Å². The Bertz CT molecular complexity index is 123. The van der Waals surface area contributed by atoms with Gasteiger partial charge in [0.05, 0.1) is 0 Å². The Labute approximate surface area is 53.0 Å². The van der Waals surface area contributed by atoms with E-state index in [4.69, 9.17) is 5.84 Å². The summed E-state index contributed by atoms with van der Waals surface area (Å²) in [7, 11) is 2.70. The predicted octanol–water partition coefficient (Wildman–Crippen LogP) is -1.000. The SMILES string of the molecule is CN(N)C(=O)N(C)C=O. The van der Waals surface area contributed by atoms with Crippen molar-refractivity contribution < 1.29 is 9.59 Å². The number of urea groups is 1. The van der Waals surface area contributed by atoms with Crippen LogP contribution in [0.4, 0.5) is 4.79 Å². The standard InChI is InChI=1S/C4H9N3O2/c1-6(3-8)4(9)7(2)5/h3H,5H2,1-2H3. The van der Waals surface area contributed by atoms with Gasteiger partial charge in [-0.25, -0.2) is 10.6 Å². The third-order valence-corrected chi connectivity index (χ3v) is 0.762. The Hall–Kier alpha value is -1.10. The highest BCUT2D eigenvalue weighted by atomic mass is 16.2. The molecule has 9 heavy (non-hydrogen) atoms. The Morgan fingerprint density at radius 2 is 2.00 bits per heavy atom. The molecule has 0 aliphatic carbocycles. The lowest BCUT2D eigenvalue weighted by atomic mass is 10.8. The van der Waals surface area contributed by atoms with Crippen LogP contribution in [0.5, 0.6) is 0 Å². The molecule has 0 saturated carbocycles. The number of hydrogen-bond donors (Lipinski definition) is 1. The van der Waals surface area contributed by atoms with E-state index in [1.807, 2.05) is 0 Å². The van der Waals surface area contributed by atoms with E-state index in [9.17, 15) is 9.59 Å². The maximum Gasteiger partial charge on any atom is 0.340 e. The summed E-state index contributed by atoms with van der Waals surface area (Å²) in [4.78, 5) is 21.3. The maximum absolute atomic E-state index is 10.6. The second kappa shape index (κ2) is 3.03. The summed E-state index contributed by atoms with van der Waals surface area (Å²) in [5.41, 5.74) is 0. The zero-order chi connectivity index (χ0) is 7.44. The average Bonchev–Trinajstić information content (AvgIpc) is 1.84. The van der Waals surface area contributed by atoms with Crippen LogP contribution in [0.3, 0.4) is 0 Å². The molecule has 0 fully saturated rings. The van der Waals surface area contributed by atoms with Crippen LogP contribution in [-0.4, -0.2) is 36.4 Å². The number of rotatable bonds is 1. The third-order valence-electron chi connectivity index (χ3n) is 0.762. The Morgan fingerprint density at radius 1 is 1.56 bits per heavy atom. The van der Waals surface area contributed by atoms with Gasteiger partial charge in [0.1, 0.15) is 0 Å². The molecule has 0 unspecified atom stereocenters. The Kier molecular flexibility index (Phi) is 2.66. The molecule has 0 aliphatic rings. The van der Waals surface area contributed by atoms with Crippen molar-refractivity contribution in [3.05, 3.63) is 0 Å². The molecule has 0 bridgehead atoms. The number of imide groups is 1. The molecule has 0 aliphatic heterocycles. The van der Waals surface area contributed by atoms with Crippen LogP contribution in [0.25, 0.3) is 0 Å². The first-order valence-corrected chi connectivity index (χ1v) is 2.30. The van der Waals surface area contributed by atoms with E-state index in [0.717, 1.165) is 9.91 Å². The van der Waals surface area contributed by atoms with E-state index in [0.29, 0.717) is 6.41 Å². The fraction of sp³-hybridized carbons (Fsp3) is 0.500. The van der Waals surface area contributed by atoms with Gasteiger partial charge >= 0.3 is 6.03 Å². The van der Waals surface area contributed by atoms with Crippen molar-refractivity contribution in [1.29, 1.82) is 0 Å². The van der Waals surface area contributed by atoms with E-state index >= 15 is 0 Å². The van der Waals surface area contributed by atoms with Gasteiger partial charge in [0.2, 0.25) is 6.41 Å². The smallest absolute Gasteiger partial charge is 0.278 e. The van der Waals surface area contributed by atoms with Gasteiger partial charge in [0, 0.05) is 14.1 Å². The zero-order valence-electron chi connectivity index (χ0n) is 5.37. The monoisotopic (exact) mass is 131 g/mol. The van der Waals surface area contributed by atoms with Gasteiger partial charge in [-0.05, 0) is 0 Å². The molecule has 0 rings (SSSR count). The highest BCUT2D eigenvalue weighted by molar-refractivity contribution is 5.83. The number of nitrogens with zero attached hydrogens (tertiary/aromatic N) is 2. The third kappa shape index (κ3) is 2.09. The highest BCUT2D eigenvalue weighted by Gasteiger charge is 2.07. The molecule has 0 aromatic rings. The van der Waals surface area contributed by atoms with Crippen molar-refractivity contribution in [3.63, 3.8) is 0 Å². The molecule has 0 aromatic carbocycles. The summed E-state index contributed by atoms with van der Waals surface area (Å²) in [6, 6.07) is -0.537. The average molecular weight is 131 g/mol. The van der Waals surface area contributed by atoms with Crippen LogP contribution in [0, 0.1) is 0 Å². The van der Waals surface area contributed by atoms with Crippen molar-refractivity contribution in [1.82, 2.24) is 9.91 Å². The van der Waals surface area contributed by atoms with Crippen molar-refractivity contribution in [2.45, 2.75) is 0 Å². The molecule has 0 radical (unpaired) electrons. The molecule has 3 amide bonds. The fourth-order valence-electron chi connectivity index (χ4n) is 0.294. The molecule has 2 N–H and O–H groups in total. The quantitative estimate of drug-likeness (QED) is 0.215. The summed E-state index contributed by atoms with van der Waals surface area (Å²) in [5.74, 6) is 5.00. The molecule has 0 heterocycles.